The minimum absolute atomic E-state index is 0.224. The normalized spacial score (nSPS) is 20.5. The van der Waals surface area contributed by atoms with Crippen LogP contribution in [-0.4, -0.2) is 21.6 Å². The highest BCUT2D eigenvalue weighted by atomic mass is 32.2. The smallest absolute Gasteiger partial charge is 0.393 e. The van der Waals surface area contributed by atoms with Gasteiger partial charge in [-0.1, -0.05) is 69.1 Å². The van der Waals surface area contributed by atoms with E-state index in [1.807, 2.05) is 13.8 Å². The van der Waals surface area contributed by atoms with E-state index in [0.717, 1.165) is 57.4 Å². The number of aryl methyl sites for hydroxylation is 1. The summed E-state index contributed by atoms with van der Waals surface area (Å²) < 4.78 is 55.3. The van der Waals surface area contributed by atoms with Crippen molar-refractivity contribution in [3.8, 4) is 0 Å². The van der Waals surface area contributed by atoms with Crippen molar-refractivity contribution < 1.29 is 27.5 Å². The summed E-state index contributed by atoms with van der Waals surface area (Å²) in [4.78, 5) is 11.8. The number of hydrogen-bond donors (Lipinski definition) is 1. The first kappa shape index (κ1) is 29.0. The fourth-order valence-corrected chi connectivity index (χ4v) is 6.39. The number of aliphatic hydroxyl groups is 1. The van der Waals surface area contributed by atoms with Crippen LogP contribution in [0.2, 0.25) is 0 Å². The van der Waals surface area contributed by atoms with Crippen molar-refractivity contribution in [2.45, 2.75) is 102 Å². The first-order valence-electron chi connectivity index (χ1n) is 13.2. The molecule has 0 spiro atoms. The van der Waals surface area contributed by atoms with Gasteiger partial charge in [-0.25, -0.2) is 4.39 Å². The van der Waals surface area contributed by atoms with Crippen molar-refractivity contribution in [3.05, 3.63) is 47.3 Å². The molecule has 1 fully saturated rings. The quantitative estimate of drug-likeness (QED) is 0.222. The molecule has 200 valence electrons. The first-order valence-corrected chi connectivity index (χ1v) is 14.1. The van der Waals surface area contributed by atoms with Crippen LogP contribution in [0, 0.1) is 17.7 Å². The SMILES string of the molecule is CC(C)SC(=O)CCCCCC[C@@H]1[C@@H](CCCc2ccc3cccc(C(F)(F)F)c3c2F)CC[C@@H]1O. The Morgan fingerprint density at radius 3 is 2.50 bits per heavy atom. The lowest BCUT2D eigenvalue weighted by Gasteiger charge is -2.22. The van der Waals surface area contributed by atoms with E-state index in [1.54, 1.807) is 12.1 Å². The highest BCUT2D eigenvalue weighted by molar-refractivity contribution is 8.14. The average Bonchev–Trinajstić information content (AvgIpc) is 3.15. The molecule has 36 heavy (non-hydrogen) atoms. The molecule has 1 aliphatic rings. The van der Waals surface area contributed by atoms with Gasteiger partial charge in [-0.05, 0) is 73.8 Å². The molecule has 0 aliphatic heterocycles. The Labute approximate surface area is 216 Å². The molecule has 0 amide bonds. The maximum absolute atomic E-state index is 15.1. The number of unbranched alkanes of at least 4 members (excludes halogenated alkanes) is 3. The summed E-state index contributed by atoms with van der Waals surface area (Å²) in [6.07, 6.45) is 4.23. The lowest BCUT2D eigenvalue weighted by molar-refractivity contribution is -0.136. The van der Waals surface area contributed by atoms with Crippen LogP contribution in [0.15, 0.2) is 30.3 Å². The largest absolute Gasteiger partial charge is 0.417 e. The zero-order valence-electron chi connectivity index (χ0n) is 21.2. The van der Waals surface area contributed by atoms with Crippen LogP contribution in [-0.2, 0) is 17.4 Å². The number of carbonyl (C=O) groups excluding carboxylic acids is 1. The molecule has 1 saturated carbocycles. The molecule has 7 heteroatoms. The van der Waals surface area contributed by atoms with E-state index < -0.39 is 17.6 Å². The number of aliphatic hydroxyl groups excluding tert-OH is 1. The summed E-state index contributed by atoms with van der Waals surface area (Å²) in [5.41, 5.74) is -0.610. The van der Waals surface area contributed by atoms with E-state index in [9.17, 15) is 23.1 Å². The number of rotatable bonds is 12. The third kappa shape index (κ3) is 7.95. The molecule has 0 unspecified atom stereocenters. The van der Waals surface area contributed by atoms with E-state index in [-0.39, 0.29) is 27.9 Å². The Balaban J connectivity index is 1.48. The topological polar surface area (TPSA) is 37.3 Å². The monoisotopic (exact) mass is 526 g/mol. The Kier molecular flexibility index (Phi) is 10.7. The number of fused-ring (bicyclic) bond motifs is 1. The molecule has 3 atom stereocenters. The average molecular weight is 527 g/mol. The highest BCUT2D eigenvalue weighted by Crippen LogP contribution is 2.40. The fraction of sp³-hybridized carbons (Fsp3) is 0.621. The van der Waals surface area contributed by atoms with Gasteiger partial charge in [-0.3, -0.25) is 4.79 Å². The second-order valence-corrected chi connectivity index (χ2v) is 12.0. The molecule has 0 heterocycles. The number of halogens is 4. The maximum Gasteiger partial charge on any atom is 0.417 e. The summed E-state index contributed by atoms with van der Waals surface area (Å²) in [7, 11) is 0. The van der Waals surface area contributed by atoms with Crippen molar-refractivity contribution >= 4 is 27.6 Å². The number of alkyl halides is 3. The summed E-state index contributed by atoms with van der Waals surface area (Å²) in [6.45, 7) is 4.04. The summed E-state index contributed by atoms with van der Waals surface area (Å²) in [5.74, 6) is -0.187. The van der Waals surface area contributed by atoms with Crippen molar-refractivity contribution in [2.75, 3.05) is 0 Å². The minimum atomic E-state index is -4.60. The predicted octanol–water partition coefficient (Wildman–Crippen LogP) is 8.72. The number of carbonyl (C=O) groups is 1. The standard InChI is InChI=1S/C29H38F4O2S/c1-19(2)36-26(35)14-6-4-3-5-12-23-20(17-18-25(23)34)9-7-11-22-16-15-21-10-8-13-24(29(31,32)33)27(21)28(22)30/h8,10,13,15-16,19-20,23,25,34H,3-7,9,11-12,14,17-18H2,1-2H3/t20-,23+,25-/m0/s1. The fourth-order valence-electron chi connectivity index (χ4n) is 5.60. The van der Waals surface area contributed by atoms with Crippen molar-refractivity contribution in [1.82, 2.24) is 0 Å². The summed E-state index contributed by atoms with van der Waals surface area (Å²) in [5, 5.41) is 11.0. The van der Waals surface area contributed by atoms with Gasteiger partial charge in [-0.15, -0.1) is 0 Å². The van der Waals surface area contributed by atoms with Gasteiger partial charge in [0.05, 0.1) is 11.7 Å². The molecule has 0 aromatic heterocycles. The van der Waals surface area contributed by atoms with Crippen molar-refractivity contribution in [2.24, 2.45) is 11.8 Å². The molecule has 2 nitrogen and oxygen atoms in total. The van der Waals surface area contributed by atoms with E-state index in [4.69, 9.17) is 0 Å². The third-order valence-corrected chi connectivity index (χ3v) is 8.30. The third-order valence-electron chi connectivity index (χ3n) is 7.36. The highest BCUT2D eigenvalue weighted by Gasteiger charge is 2.35. The van der Waals surface area contributed by atoms with E-state index in [0.29, 0.717) is 36.0 Å². The Hall–Kier alpha value is -1.60. The van der Waals surface area contributed by atoms with Crippen molar-refractivity contribution in [3.63, 3.8) is 0 Å². The molecule has 1 N–H and O–H groups in total. The second-order valence-electron chi connectivity index (χ2n) is 10.4. The van der Waals surface area contributed by atoms with Gasteiger partial charge in [0.2, 0.25) is 0 Å². The van der Waals surface area contributed by atoms with Crippen LogP contribution in [0.25, 0.3) is 10.8 Å². The van der Waals surface area contributed by atoms with Gasteiger partial charge < -0.3 is 5.11 Å². The van der Waals surface area contributed by atoms with Crippen LogP contribution >= 0.6 is 11.8 Å². The molecule has 2 aromatic rings. The lowest BCUT2D eigenvalue weighted by atomic mass is 9.85. The lowest BCUT2D eigenvalue weighted by Crippen LogP contribution is -2.19. The Morgan fingerprint density at radius 2 is 1.78 bits per heavy atom. The Morgan fingerprint density at radius 1 is 1.03 bits per heavy atom. The van der Waals surface area contributed by atoms with E-state index in [2.05, 4.69) is 0 Å². The minimum Gasteiger partial charge on any atom is -0.393 e. The van der Waals surface area contributed by atoms with Gasteiger partial charge in [-0.2, -0.15) is 13.2 Å². The van der Waals surface area contributed by atoms with E-state index >= 15 is 4.39 Å². The first-order chi connectivity index (χ1) is 17.1. The number of hydrogen-bond acceptors (Lipinski definition) is 3. The Bertz CT molecular complexity index is 1000. The molecule has 2 aromatic carbocycles. The molecule has 3 rings (SSSR count). The predicted molar refractivity (Wildman–Crippen MR) is 140 cm³/mol. The van der Waals surface area contributed by atoms with Crippen LogP contribution in [0.5, 0.6) is 0 Å². The maximum atomic E-state index is 15.1. The van der Waals surface area contributed by atoms with Crippen LogP contribution in [0.1, 0.15) is 89.2 Å². The van der Waals surface area contributed by atoms with Gasteiger partial charge in [0.25, 0.3) is 0 Å². The molecule has 0 radical (unpaired) electrons. The second kappa shape index (κ2) is 13.3. The molecule has 0 saturated heterocycles. The van der Waals surface area contributed by atoms with E-state index in [1.165, 1.54) is 23.9 Å². The molecule has 1 aliphatic carbocycles. The van der Waals surface area contributed by atoms with Gasteiger partial charge in [0.15, 0.2) is 5.12 Å². The number of thioether (sulfide) groups is 1. The molecular formula is C29H38F4O2S. The van der Waals surface area contributed by atoms with Crippen molar-refractivity contribution in [1.29, 1.82) is 0 Å². The van der Waals surface area contributed by atoms with Gasteiger partial charge >= 0.3 is 6.18 Å². The zero-order chi connectivity index (χ0) is 26.3. The molecular weight excluding hydrogens is 488 g/mol. The van der Waals surface area contributed by atoms with Crippen LogP contribution < -0.4 is 0 Å². The summed E-state index contributed by atoms with van der Waals surface area (Å²) >= 11 is 1.40. The van der Waals surface area contributed by atoms with Crippen LogP contribution in [0.4, 0.5) is 17.6 Å². The van der Waals surface area contributed by atoms with Gasteiger partial charge in [0, 0.05) is 17.1 Å². The zero-order valence-corrected chi connectivity index (χ0v) is 22.1. The van der Waals surface area contributed by atoms with Crippen LogP contribution in [0.3, 0.4) is 0 Å². The van der Waals surface area contributed by atoms with Gasteiger partial charge in [0.1, 0.15) is 5.82 Å². The number of benzene rings is 2. The summed E-state index contributed by atoms with van der Waals surface area (Å²) in [6, 6.07) is 6.91. The molecule has 0 bridgehead atoms.